The zero-order valence-corrected chi connectivity index (χ0v) is 10.8. The first-order valence-corrected chi connectivity index (χ1v) is 6.68. The molecule has 4 nitrogen and oxygen atoms in total. The fraction of sp³-hybridized carbons (Fsp3) is 0.400. The predicted octanol–water partition coefficient (Wildman–Crippen LogP) is 2.62. The van der Waals surface area contributed by atoms with Gasteiger partial charge in [-0.15, -0.1) is 0 Å². The van der Waals surface area contributed by atoms with Crippen LogP contribution in [0.2, 0.25) is 0 Å². The molecule has 1 saturated heterocycles. The van der Waals surface area contributed by atoms with Gasteiger partial charge in [0.05, 0.1) is 17.8 Å². The van der Waals surface area contributed by atoms with Crippen LogP contribution in [0.3, 0.4) is 0 Å². The van der Waals surface area contributed by atoms with E-state index in [0.29, 0.717) is 11.6 Å². The molecule has 0 saturated carbocycles. The zero-order valence-electron chi connectivity index (χ0n) is 10.8. The van der Waals surface area contributed by atoms with Crippen LogP contribution in [0.15, 0.2) is 30.5 Å². The first kappa shape index (κ1) is 12.2. The number of para-hydroxylation sites is 1. The van der Waals surface area contributed by atoms with E-state index in [2.05, 4.69) is 4.98 Å². The summed E-state index contributed by atoms with van der Waals surface area (Å²) in [7, 11) is 0. The monoisotopic (exact) mass is 258 g/mol. The first-order valence-electron chi connectivity index (χ1n) is 6.68. The van der Waals surface area contributed by atoms with Gasteiger partial charge >= 0.3 is 0 Å². The van der Waals surface area contributed by atoms with Gasteiger partial charge < -0.3 is 15.2 Å². The molecule has 1 aliphatic rings. The molecule has 4 heteroatoms. The van der Waals surface area contributed by atoms with Gasteiger partial charge in [0.2, 0.25) is 0 Å². The van der Waals surface area contributed by atoms with Gasteiger partial charge in [-0.2, -0.15) is 0 Å². The van der Waals surface area contributed by atoms with Gasteiger partial charge in [-0.25, -0.2) is 0 Å². The molecule has 1 aliphatic heterocycles. The number of hydrogen-bond acceptors (Lipinski definition) is 4. The Morgan fingerprint density at radius 2 is 2.11 bits per heavy atom. The van der Waals surface area contributed by atoms with Crippen molar-refractivity contribution in [2.75, 3.05) is 25.6 Å². The molecular formula is C15H18N2O2. The summed E-state index contributed by atoms with van der Waals surface area (Å²) in [5.74, 6) is 1.45. The molecule has 0 amide bonds. The van der Waals surface area contributed by atoms with Crippen molar-refractivity contribution in [3.63, 3.8) is 0 Å². The van der Waals surface area contributed by atoms with E-state index >= 15 is 0 Å². The Bertz CT molecular complexity index is 565. The molecule has 100 valence electrons. The number of nitrogens with zero attached hydrogens (tertiary/aromatic N) is 1. The van der Waals surface area contributed by atoms with Crippen LogP contribution in [0.5, 0.6) is 5.75 Å². The number of benzene rings is 1. The standard InChI is InChI=1S/C15H18N2O2/c16-13-3-1-2-12-14(4-7-17-15(12)13)19-10-11-5-8-18-9-6-11/h1-4,7,11H,5-6,8-10,16H2. The maximum atomic E-state index is 5.96. The SMILES string of the molecule is Nc1cccc2c(OCC3CCOCC3)ccnc12. The van der Waals surface area contributed by atoms with Crippen LogP contribution < -0.4 is 10.5 Å². The van der Waals surface area contributed by atoms with E-state index in [0.717, 1.165) is 49.3 Å². The summed E-state index contributed by atoms with van der Waals surface area (Å²) in [4.78, 5) is 4.31. The van der Waals surface area contributed by atoms with Crippen molar-refractivity contribution in [3.8, 4) is 5.75 Å². The van der Waals surface area contributed by atoms with Crippen molar-refractivity contribution in [2.45, 2.75) is 12.8 Å². The van der Waals surface area contributed by atoms with E-state index in [1.807, 2.05) is 24.3 Å². The number of ether oxygens (including phenoxy) is 2. The van der Waals surface area contributed by atoms with Crippen LogP contribution in [-0.2, 0) is 4.74 Å². The molecule has 0 aliphatic carbocycles. The highest BCUT2D eigenvalue weighted by Crippen LogP contribution is 2.28. The number of nitrogen functional groups attached to an aromatic ring is 1. The molecule has 1 aromatic carbocycles. The van der Waals surface area contributed by atoms with Crippen LogP contribution >= 0.6 is 0 Å². The number of nitrogens with two attached hydrogens (primary N) is 1. The summed E-state index contributed by atoms with van der Waals surface area (Å²) in [6.45, 7) is 2.42. The summed E-state index contributed by atoms with van der Waals surface area (Å²) in [5.41, 5.74) is 7.43. The third-order valence-electron chi connectivity index (χ3n) is 3.58. The third-order valence-corrected chi connectivity index (χ3v) is 3.58. The summed E-state index contributed by atoms with van der Waals surface area (Å²) in [6, 6.07) is 7.69. The molecule has 19 heavy (non-hydrogen) atoms. The lowest BCUT2D eigenvalue weighted by molar-refractivity contribution is 0.0500. The average Bonchev–Trinajstić information content (AvgIpc) is 2.47. The lowest BCUT2D eigenvalue weighted by atomic mass is 10.0. The highest BCUT2D eigenvalue weighted by molar-refractivity contribution is 5.93. The van der Waals surface area contributed by atoms with Gasteiger partial charge in [0.15, 0.2) is 0 Å². The normalized spacial score (nSPS) is 16.6. The summed E-state index contributed by atoms with van der Waals surface area (Å²) >= 11 is 0. The van der Waals surface area contributed by atoms with Gasteiger partial charge in [0, 0.05) is 24.8 Å². The number of aromatic nitrogens is 1. The van der Waals surface area contributed by atoms with E-state index in [9.17, 15) is 0 Å². The van der Waals surface area contributed by atoms with Crippen LogP contribution in [0.4, 0.5) is 5.69 Å². The van der Waals surface area contributed by atoms with Gasteiger partial charge in [0.1, 0.15) is 5.75 Å². The average molecular weight is 258 g/mol. The molecule has 0 spiro atoms. The minimum atomic E-state index is 0.582. The second kappa shape index (κ2) is 5.45. The Hall–Kier alpha value is -1.81. The van der Waals surface area contributed by atoms with Crippen molar-refractivity contribution in [3.05, 3.63) is 30.5 Å². The van der Waals surface area contributed by atoms with E-state index in [1.165, 1.54) is 0 Å². The lowest BCUT2D eigenvalue weighted by Crippen LogP contribution is -2.21. The maximum absolute atomic E-state index is 5.96. The largest absolute Gasteiger partial charge is 0.493 e. The maximum Gasteiger partial charge on any atom is 0.130 e. The van der Waals surface area contributed by atoms with E-state index in [1.54, 1.807) is 6.20 Å². The number of fused-ring (bicyclic) bond motifs is 1. The fourth-order valence-corrected chi connectivity index (χ4v) is 2.42. The number of hydrogen-bond donors (Lipinski definition) is 1. The van der Waals surface area contributed by atoms with Crippen molar-refractivity contribution < 1.29 is 9.47 Å². The van der Waals surface area contributed by atoms with Crippen molar-refractivity contribution in [2.24, 2.45) is 5.92 Å². The molecule has 0 bridgehead atoms. The Labute approximate surface area is 112 Å². The van der Waals surface area contributed by atoms with Crippen molar-refractivity contribution >= 4 is 16.6 Å². The lowest BCUT2D eigenvalue weighted by Gasteiger charge is -2.22. The second-order valence-corrected chi connectivity index (χ2v) is 4.92. The van der Waals surface area contributed by atoms with Crippen LogP contribution in [0, 0.1) is 5.92 Å². The minimum Gasteiger partial charge on any atom is -0.493 e. The van der Waals surface area contributed by atoms with Crippen LogP contribution in [-0.4, -0.2) is 24.8 Å². The van der Waals surface area contributed by atoms with Crippen LogP contribution in [0.25, 0.3) is 10.9 Å². The van der Waals surface area contributed by atoms with Gasteiger partial charge in [-0.3, -0.25) is 4.98 Å². The molecule has 1 fully saturated rings. The number of rotatable bonds is 3. The molecule has 0 atom stereocenters. The van der Waals surface area contributed by atoms with Crippen molar-refractivity contribution in [1.82, 2.24) is 4.98 Å². The van der Waals surface area contributed by atoms with Gasteiger partial charge in [-0.05, 0) is 37.0 Å². The fourth-order valence-electron chi connectivity index (χ4n) is 2.42. The molecule has 2 N–H and O–H groups in total. The first-order chi connectivity index (χ1) is 9.34. The molecule has 2 heterocycles. The molecule has 2 aromatic rings. The highest BCUT2D eigenvalue weighted by atomic mass is 16.5. The van der Waals surface area contributed by atoms with Crippen LogP contribution in [0.1, 0.15) is 12.8 Å². The summed E-state index contributed by atoms with van der Waals surface area (Å²) in [5, 5.41) is 0.981. The Morgan fingerprint density at radius 1 is 1.26 bits per heavy atom. The van der Waals surface area contributed by atoms with E-state index in [-0.39, 0.29) is 0 Å². The minimum absolute atomic E-state index is 0.582. The molecule has 1 aromatic heterocycles. The zero-order chi connectivity index (χ0) is 13.1. The summed E-state index contributed by atoms with van der Waals surface area (Å²) in [6.07, 6.45) is 3.90. The Morgan fingerprint density at radius 3 is 2.95 bits per heavy atom. The topological polar surface area (TPSA) is 57.4 Å². The Balaban J connectivity index is 1.79. The Kier molecular flexibility index (Phi) is 3.51. The van der Waals surface area contributed by atoms with E-state index in [4.69, 9.17) is 15.2 Å². The van der Waals surface area contributed by atoms with Gasteiger partial charge in [0.25, 0.3) is 0 Å². The highest BCUT2D eigenvalue weighted by Gasteiger charge is 2.15. The predicted molar refractivity (Wildman–Crippen MR) is 75.2 cm³/mol. The van der Waals surface area contributed by atoms with E-state index < -0.39 is 0 Å². The molecular weight excluding hydrogens is 240 g/mol. The number of anilines is 1. The molecule has 3 rings (SSSR count). The third kappa shape index (κ3) is 2.63. The molecule has 0 unspecified atom stereocenters. The quantitative estimate of drug-likeness (QED) is 0.860. The van der Waals surface area contributed by atoms with Crippen molar-refractivity contribution in [1.29, 1.82) is 0 Å². The smallest absolute Gasteiger partial charge is 0.130 e. The number of pyridine rings is 1. The second-order valence-electron chi connectivity index (χ2n) is 4.92. The van der Waals surface area contributed by atoms with Gasteiger partial charge in [-0.1, -0.05) is 6.07 Å². The summed E-state index contributed by atoms with van der Waals surface area (Å²) < 4.78 is 11.3. The molecule has 0 radical (unpaired) electrons.